The zero-order valence-electron chi connectivity index (χ0n) is 11.5. The summed E-state index contributed by atoms with van der Waals surface area (Å²) in [6.45, 7) is 1.81. The maximum atomic E-state index is 13.6. The zero-order valence-corrected chi connectivity index (χ0v) is 11.5. The van der Waals surface area contributed by atoms with Crippen LogP contribution in [0.15, 0.2) is 42.5 Å². The molecule has 1 fully saturated rings. The fourth-order valence-corrected chi connectivity index (χ4v) is 3.62. The summed E-state index contributed by atoms with van der Waals surface area (Å²) in [4.78, 5) is 2.24. The molecule has 2 atom stereocenters. The molecule has 108 valence electrons. The number of fused-ring (bicyclic) bond motifs is 3. The van der Waals surface area contributed by atoms with Crippen LogP contribution in [0.2, 0.25) is 0 Å². The van der Waals surface area contributed by atoms with Crippen molar-refractivity contribution in [2.75, 3.05) is 18.0 Å². The first-order valence-corrected chi connectivity index (χ1v) is 7.29. The number of nitrogens with one attached hydrogen (secondary N) is 1. The minimum atomic E-state index is -0.237. The summed E-state index contributed by atoms with van der Waals surface area (Å²) >= 11 is 0. The van der Waals surface area contributed by atoms with E-state index in [-0.39, 0.29) is 17.6 Å². The first-order chi connectivity index (χ1) is 10.2. The third-order valence-electron chi connectivity index (χ3n) is 4.53. The molecule has 0 radical (unpaired) electrons. The van der Waals surface area contributed by atoms with E-state index >= 15 is 0 Å². The van der Waals surface area contributed by atoms with Crippen molar-refractivity contribution < 1.29 is 8.78 Å². The van der Waals surface area contributed by atoms with Crippen LogP contribution >= 0.6 is 0 Å². The van der Waals surface area contributed by atoms with Gasteiger partial charge in [0.05, 0.1) is 0 Å². The van der Waals surface area contributed by atoms with Crippen LogP contribution in [0.1, 0.15) is 17.9 Å². The second kappa shape index (κ2) is 4.81. The van der Waals surface area contributed by atoms with Crippen molar-refractivity contribution in [1.29, 1.82) is 0 Å². The lowest BCUT2D eigenvalue weighted by Crippen LogP contribution is -2.42. The van der Waals surface area contributed by atoms with Crippen molar-refractivity contribution in [2.45, 2.75) is 18.4 Å². The van der Waals surface area contributed by atoms with E-state index in [1.807, 2.05) is 6.07 Å². The highest BCUT2D eigenvalue weighted by Gasteiger charge is 2.40. The van der Waals surface area contributed by atoms with Crippen LogP contribution < -0.4 is 10.2 Å². The highest BCUT2D eigenvalue weighted by Crippen LogP contribution is 2.47. The number of anilines is 2. The Morgan fingerprint density at radius 2 is 1.76 bits per heavy atom. The Labute approximate surface area is 122 Å². The number of rotatable bonds is 1. The number of nitrogens with zero attached hydrogens (tertiary/aromatic N) is 1. The summed E-state index contributed by atoms with van der Waals surface area (Å²) in [5, 5.41) is 3.39. The molecule has 0 spiro atoms. The predicted octanol–water partition coefficient (Wildman–Crippen LogP) is 3.56. The first kappa shape index (κ1) is 12.8. The standard InChI is InChI=1S/C17H16F2N2/c18-11-1-4-13(5-2-11)21-16-6-3-12(19)9-14(16)15-10-20-8-7-17(15)21/h1-6,9,15,17,20H,7-8,10H2/t15-,17+/m1/s1. The van der Waals surface area contributed by atoms with Gasteiger partial charge in [0.25, 0.3) is 0 Å². The highest BCUT2D eigenvalue weighted by atomic mass is 19.1. The Hall–Kier alpha value is -1.94. The number of hydrogen-bond donors (Lipinski definition) is 1. The first-order valence-electron chi connectivity index (χ1n) is 7.29. The predicted molar refractivity (Wildman–Crippen MR) is 79.0 cm³/mol. The van der Waals surface area contributed by atoms with E-state index in [4.69, 9.17) is 0 Å². The molecular weight excluding hydrogens is 270 g/mol. The molecule has 2 aromatic rings. The maximum absolute atomic E-state index is 13.6. The van der Waals surface area contributed by atoms with E-state index in [1.165, 1.54) is 18.2 Å². The third kappa shape index (κ3) is 2.02. The number of piperidine rings is 1. The van der Waals surface area contributed by atoms with Gasteiger partial charge in [-0.15, -0.1) is 0 Å². The average Bonchev–Trinajstić information content (AvgIpc) is 2.82. The van der Waals surface area contributed by atoms with E-state index < -0.39 is 0 Å². The molecule has 2 aliphatic rings. The second-order valence-corrected chi connectivity index (χ2v) is 5.72. The van der Waals surface area contributed by atoms with Crippen molar-refractivity contribution >= 4 is 11.4 Å². The summed E-state index contributed by atoms with van der Waals surface area (Å²) in [6.07, 6.45) is 0.998. The minimum Gasteiger partial charge on any atom is -0.337 e. The summed E-state index contributed by atoms with van der Waals surface area (Å²) in [5.41, 5.74) is 3.07. The lowest BCUT2D eigenvalue weighted by Gasteiger charge is -2.34. The molecule has 4 heteroatoms. The normalized spacial score (nSPS) is 23.8. The van der Waals surface area contributed by atoms with E-state index in [9.17, 15) is 8.78 Å². The molecule has 2 aromatic carbocycles. The van der Waals surface area contributed by atoms with Gasteiger partial charge in [0.2, 0.25) is 0 Å². The monoisotopic (exact) mass is 286 g/mol. The smallest absolute Gasteiger partial charge is 0.123 e. The van der Waals surface area contributed by atoms with Crippen molar-refractivity contribution in [3.63, 3.8) is 0 Å². The molecule has 0 amide bonds. The van der Waals surface area contributed by atoms with Crippen LogP contribution in [0.3, 0.4) is 0 Å². The Morgan fingerprint density at radius 3 is 2.57 bits per heavy atom. The highest BCUT2D eigenvalue weighted by molar-refractivity contribution is 5.73. The fraction of sp³-hybridized carbons (Fsp3) is 0.294. The van der Waals surface area contributed by atoms with E-state index in [0.717, 1.165) is 36.4 Å². The van der Waals surface area contributed by atoms with Gasteiger partial charge < -0.3 is 10.2 Å². The molecule has 2 heterocycles. The van der Waals surface area contributed by atoms with E-state index in [0.29, 0.717) is 6.04 Å². The topological polar surface area (TPSA) is 15.3 Å². The fourth-order valence-electron chi connectivity index (χ4n) is 3.62. The van der Waals surface area contributed by atoms with Crippen LogP contribution in [-0.2, 0) is 0 Å². The Bertz CT molecular complexity index is 669. The van der Waals surface area contributed by atoms with E-state index in [1.54, 1.807) is 18.2 Å². The van der Waals surface area contributed by atoms with Crippen molar-refractivity contribution in [3.8, 4) is 0 Å². The summed E-state index contributed by atoms with van der Waals surface area (Å²) in [6, 6.07) is 11.9. The van der Waals surface area contributed by atoms with Crippen LogP contribution in [0, 0.1) is 11.6 Å². The average molecular weight is 286 g/mol. The largest absolute Gasteiger partial charge is 0.337 e. The van der Waals surface area contributed by atoms with Gasteiger partial charge in [-0.25, -0.2) is 8.78 Å². The number of hydrogen-bond acceptors (Lipinski definition) is 2. The molecular formula is C17H16F2N2. The molecule has 0 aromatic heterocycles. The lowest BCUT2D eigenvalue weighted by molar-refractivity contribution is 0.419. The van der Waals surface area contributed by atoms with Crippen LogP contribution in [-0.4, -0.2) is 19.1 Å². The summed E-state index contributed by atoms with van der Waals surface area (Å²) in [7, 11) is 0. The van der Waals surface area contributed by atoms with E-state index in [2.05, 4.69) is 10.2 Å². The molecule has 4 rings (SSSR count). The van der Waals surface area contributed by atoms with Gasteiger partial charge >= 0.3 is 0 Å². The molecule has 0 saturated carbocycles. The Morgan fingerprint density at radius 1 is 1.00 bits per heavy atom. The van der Waals surface area contributed by atoms with Gasteiger partial charge in [0.1, 0.15) is 11.6 Å². The molecule has 0 bridgehead atoms. The SMILES string of the molecule is Fc1ccc(N2c3ccc(F)cc3[C@H]3CNCC[C@@H]32)cc1. The van der Waals surface area contributed by atoms with Gasteiger partial charge in [-0.1, -0.05) is 0 Å². The van der Waals surface area contributed by atoms with Gasteiger partial charge in [-0.2, -0.15) is 0 Å². The molecule has 0 unspecified atom stereocenters. The molecule has 21 heavy (non-hydrogen) atoms. The molecule has 2 aliphatic heterocycles. The van der Waals surface area contributed by atoms with Crippen LogP contribution in [0.5, 0.6) is 0 Å². The number of halogens is 2. The summed E-state index contributed by atoms with van der Waals surface area (Å²) in [5.74, 6) is -0.146. The number of benzene rings is 2. The van der Waals surface area contributed by atoms with Crippen LogP contribution in [0.25, 0.3) is 0 Å². The molecule has 1 saturated heterocycles. The van der Waals surface area contributed by atoms with Crippen molar-refractivity contribution in [2.24, 2.45) is 0 Å². The van der Waals surface area contributed by atoms with Gasteiger partial charge in [-0.3, -0.25) is 0 Å². The summed E-state index contributed by atoms with van der Waals surface area (Å²) < 4.78 is 26.8. The quantitative estimate of drug-likeness (QED) is 0.862. The van der Waals surface area contributed by atoms with Gasteiger partial charge in [0.15, 0.2) is 0 Å². The van der Waals surface area contributed by atoms with Crippen LogP contribution in [0.4, 0.5) is 20.2 Å². The molecule has 0 aliphatic carbocycles. The third-order valence-corrected chi connectivity index (χ3v) is 4.53. The van der Waals surface area contributed by atoms with Crippen molar-refractivity contribution in [3.05, 3.63) is 59.7 Å². The molecule has 1 N–H and O–H groups in total. The molecule has 2 nitrogen and oxygen atoms in total. The zero-order chi connectivity index (χ0) is 14.4. The van der Waals surface area contributed by atoms with Gasteiger partial charge in [0, 0.05) is 29.9 Å². The lowest BCUT2D eigenvalue weighted by atomic mass is 9.90. The van der Waals surface area contributed by atoms with Gasteiger partial charge in [-0.05, 0) is 61.0 Å². The Kier molecular flexibility index (Phi) is 2.93. The maximum Gasteiger partial charge on any atom is 0.123 e. The van der Waals surface area contributed by atoms with Crippen molar-refractivity contribution in [1.82, 2.24) is 5.32 Å². The Balaban J connectivity index is 1.84. The second-order valence-electron chi connectivity index (χ2n) is 5.72. The minimum absolute atomic E-state index is 0.195.